The predicted molar refractivity (Wildman–Crippen MR) is 59.8 cm³/mol. The molecule has 4 heteroatoms. The molecule has 15 heavy (non-hydrogen) atoms. The maximum absolute atomic E-state index is 8.42. The van der Waals surface area contributed by atoms with Crippen LogP contribution in [0.5, 0.6) is 0 Å². The van der Waals surface area contributed by atoms with Gasteiger partial charge in [0.1, 0.15) is 5.82 Å². The maximum Gasteiger partial charge on any atom is 0.131 e. The van der Waals surface area contributed by atoms with Gasteiger partial charge in [0.2, 0.25) is 0 Å². The van der Waals surface area contributed by atoms with Gasteiger partial charge in [-0.1, -0.05) is 5.16 Å². The van der Waals surface area contributed by atoms with Gasteiger partial charge in [-0.05, 0) is 31.4 Å². The molecular weight excluding hydrogens is 190 g/mol. The highest BCUT2D eigenvalue weighted by Gasteiger charge is 2.15. The van der Waals surface area contributed by atoms with Crippen molar-refractivity contribution in [3.63, 3.8) is 0 Å². The molecule has 0 amide bonds. The number of aromatic nitrogens is 1. The average Bonchev–Trinajstić information content (AvgIpc) is 2.71. The van der Waals surface area contributed by atoms with Crippen LogP contribution < -0.4 is 4.90 Å². The summed E-state index contributed by atoms with van der Waals surface area (Å²) in [5, 5.41) is 11.4. The Labute approximate surface area is 89.2 Å². The van der Waals surface area contributed by atoms with Gasteiger partial charge in [0.25, 0.3) is 0 Å². The summed E-state index contributed by atoms with van der Waals surface area (Å²) in [6.45, 7) is 4.23. The Bertz CT molecular complexity index is 370. The lowest BCUT2D eigenvalue weighted by molar-refractivity contribution is 0.322. The Morgan fingerprint density at radius 2 is 2.20 bits per heavy atom. The molecule has 0 unspecified atom stereocenters. The van der Waals surface area contributed by atoms with Crippen molar-refractivity contribution in [1.82, 2.24) is 4.98 Å². The minimum atomic E-state index is 0.831. The van der Waals surface area contributed by atoms with Gasteiger partial charge in [0.05, 0.1) is 6.21 Å². The molecule has 1 saturated heterocycles. The van der Waals surface area contributed by atoms with Crippen LogP contribution in [0.3, 0.4) is 0 Å². The van der Waals surface area contributed by atoms with Crippen LogP contribution >= 0.6 is 0 Å². The third kappa shape index (κ3) is 2.09. The van der Waals surface area contributed by atoms with Crippen LogP contribution in [0.4, 0.5) is 5.82 Å². The number of hydrogen-bond acceptors (Lipinski definition) is 4. The number of anilines is 1. The molecule has 1 N–H and O–H groups in total. The summed E-state index contributed by atoms with van der Waals surface area (Å²) >= 11 is 0. The maximum atomic E-state index is 8.42. The van der Waals surface area contributed by atoms with Gasteiger partial charge in [-0.2, -0.15) is 0 Å². The molecule has 0 aromatic carbocycles. The number of oxime groups is 1. The summed E-state index contributed by atoms with van der Waals surface area (Å²) in [7, 11) is 0. The summed E-state index contributed by atoms with van der Waals surface area (Å²) in [5.41, 5.74) is 1.97. The molecule has 1 aromatic rings. The zero-order valence-corrected chi connectivity index (χ0v) is 8.85. The highest BCUT2D eigenvalue weighted by molar-refractivity contribution is 5.79. The molecule has 2 heterocycles. The Balaban J connectivity index is 2.25. The van der Waals surface area contributed by atoms with Crippen molar-refractivity contribution < 1.29 is 5.21 Å². The van der Waals surface area contributed by atoms with Crippen LogP contribution in [0.25, 0.3) is 0 Å². The van der Waals surface area contributed by atoms with E-state index >= 15 is 0 Å². The molecule has 0 radical (unpaired) electrons. The second kappa shape index (κ2) is 4.29. The first-order valence-corrected chi connectivity index (χ1v) is 5.20. The molecule has 0 saturated carbocycles. The second-order valence-corrected chi connectivity index (χ2v) is 3.85. The number of hydrogen-bond donors (Lipinski definition) is 1. The molecule has 1 aliphatic rings. The van der Waals surface area contributed by atoms with Gasteiger partial charge in [0.15, 0.2) is 0 Å². The SMILES string of the molecule is Cc1cc(/C=N\O)cnc1N1CCCC1. The van der Waals surface area contributed by atoms with E-state index in [1.807, 2.05) is 13.0 Å². The first-order valence-electron chi connectivity index (χ1n) is 5.20. The van der Waals surface area contributed by atoms with Crippen LogP contribution in [0, 0.1) is 6.92 Å². The topological polar surface area (TPSA) is 48.7 Å². The van der Waals surface area contributed by atoms with Crippen LogP contribution in [0.1, 0.15) is 24.0 Å². The third-order valence-corrected chi connectivity index (χ3v) is 2.68. The molecule has 0 bridgehead atoms. The lowest BCUT2D eigenvalue weighted by atomic mass is 10.2. The van der Waals surface area contributed by atoms with E-state index in [1.165, 1.54) is 19.1 Å². The summed E-state index contributed by atoms with van der Waals surface area (Å²) in [6.07, 6.45) is 5.63. The van der Waals surface area contributed by atoms with Crippen molar-refractivity contribution in [2.75, 3.05) is 18.0 Å². The zero-order chi connectivity index (χ0) is 10.7. The molecule has 0 atom stereocenters. The number of nitrogens with zero attached hydrogens (tertiary/aromatic N) is 3. The van der Waals surface area contributed by atoms with Gasteiger partial charge in [-0.25, -0.2) is 4.98 Å². The smallest absolute Gasteiger partial charge is 0.131 e. The minimum Gasteiger partial charge on any atom is -0.411 e. The molecule has 1 aromatic heterocycles. The highest BCUT2D eigenvalue weighted by Crippen LogP contribution is 2.21. The Kier molecular flexibility index (Phi) is 2.85. The lowest BCUT2D eigenvalue weighted by Gasteiger charge is -2.18. The quantitative estimate of drug-likeness (QED) is 0.455. The Hall–Kier alpha value is -1.58. The normalized spacial score (nSPS) is 16.5. The largest absolute Gasteiger partial charge is 0.411 e. The van der Waals surface area contributed by atoms with Gasteiger partial charge < -0.3 is 10.1 Å². The van der Waals surface area contributed by atoms with Crippen molar-refractivity contribution in [1.29, 1.82) is 0 Å². The Morgan fingerprint density at radius 1 is 1.47 bits per heavy atom. The van der Waals surface area contributed by atoms with E-state index in [2.05, 4.69) is 15.0 Å². The van der Waals surface area contributed by atoms with E-state index in [0.29, 0.717) is 0 Å². The van der Waals surface area contributed by atoms with E-state index in [9.17, 15) is 0 Å². The fourth-order valence-corrected chi connectivity index (χ4v) is 1.99. The minimum absolute atomic E-state index is 0.831. The van der Waals surface area contributed by atoms with Crippen LogP contribution in [0.2, 0.25) is 0 Å². The zero-order valence-electron chi connectivity index (χ0n) is 8.85. The number of rotatable bonds is 2. The Morgan fingerprint density at radius 3 is 2.80 bits per heavy atom. The van der Waals surface area contributed by atoms with Crippen molar-refractivity contribution in [2.24, 2.45) is 5.16 Å². The van der Waals surface area contributed by atoms with Gasteiger partial charge in [-0.3, -0.25) is 0 Å². The fourth-order valence-electron chi connectivity index (χ4n) is 1.99. The van der Waals surface area contributed by atoms with Gasteiger partial charge >= 0.3 is 0 Å². The lowest BCUT2D eigenvalue weighted by Crippen LogP contribution is -2.20. The number of aryl methyl sites for hydroxylation is 1. The second-order valence-electron chi connectivity index (χ2n) is 3.85. The molecule has 2 rings (SSSR count). The van der Waals surface area contributed by atoms with Crippen molar-refractivity contribution >= 4 is 12.0 Å². The van der Waals surface area contributed by atoms with Crippen LogP contribution in [-0.4, -0.2) is 29.5 Å². The monoisotopic (exact) mass is 205 g/mol. The molecule has 4 nitrogen and oxygen atoms in total. The molecule has 1 aliphatic heterocycles. The van der Waals surface area contributed by atoms with Crippen molar-refractivity contribution in [2.45, 2.75) is 19.8 Å². The fraction of sp³-hybridized carbons (Fsp3) is 0.455. The van der Waals surface area contributed by atoms with E-state index in [1.54, 1.807) is 6.20 Å². The highest BCUT2D eigenvalue weighted by atomic mass is 16.4. The summed E-state index contributed by atoms with van der Waals surface area (Å²) < 4.78 is 0. The summed E-state index contributed by atoms with van der Waals surface area (Å²) in [6, 6.07) is 1.99. The van der Waals surface area contributed by atoms with Gasteiger partial charge in [0, 0.05) is 24.8 Å². The summed E-state index contributed by atoms with van der Waals surface area (Å²) in [4.78, 5) is 6.70. The van der Waals surface area contributed by atoms with Crippen LogP contribution in [-0.2, 0) is 0 Å². The van der Waals surface area contributed by atoms with E-state index in [-0.39, 0.29) is 0 Å². The van der Waals surface area contributed by atoms with Crippen LogP contribution in [0.15, 0.2) is 17.4 Å². The number of pyridine rings is 1. The van der Waals surface area contributed by atoms with Crippen molar-refractivity contribution in [3.05, 3.63) is 23.4 Å². The first kappa shape index (κ1) is 9.96. The molecule has 0 aliphatic carbocycles. The predicted octanol–water partition coefficient (Wildman–Crippen LogP) is 1.80. The molecular formula is C11H15N3O. The first-order chi connectivity index (χ1) is 7.31. The van der Waals surface area contributed by atoms with E-state index in [4.69, 9.17) is 5.21 Å². The third-order valence-electron chi connectivity index (χ3n) is 2.68. The van der Waals surface area contributed by atoms with E-state index in [0.717, 1.165) is 30.0 Å². The molecule has 80 valence electrons. The molecule has 0 spiro atoms. The standard InChI is InChI=1S/C11H15N3O/c1-9-6-10(8-13-15)7-12-11(9)14-4-2-3-5-14/h6-8,15H,2-5H2,1H3/b13-8-. The molecule has 1 fully saturated rings. The van der Waals surface area contributed by atoms with Crippen molar-refractivity contribution in [3.8, 4) is 0 Å². The van der Waals surface area contributed by atoms with E-state index < -0.39 is 0 Å². The average molecular weight is 205 g/mol. The van der Waals surface area contributed by atoms with Gasteiger partial charge in [-0.15, -0.1) is 0 Å². The summed E-state index contributed by atoms with van der Waals surface area (Å²) in [5.74, 6) is 1.06.